The number of urea groups is 1. The van der Waals surface area contributed by atoms with Gasteiger partial charge in [-0.05, 0) is 42.7 Å². The Hall–Kier alpha value is -2.45. The summed E-state index contributed by atoms with van der Waals surface area (Å²) in [6.07, 6.45) is 1.11. The van der Waals surface area contributed by atoms with Crippen molar-refractivity contribution in [2.24, 2.45) is 5.73 Å². The Morgan fingerprint density at radius 3 is 2.62 bits per heavy atom. The van der Waals surface area contributed by atoms with Gasteiger partial charge in [-0.2, -0.15) is 0 Å². The summed E-state index contributed by atoms with van der Waals surface area (Å²) in [5.74, 6) is -1.01. The number of carbonyl (C=O) groups excluding carboxylic acids is 2. The third-order valence-corrected chi connectivity index (χ3v) is 4.98. The molecular weight excluding hydrogens is 333 g/mol. The van der Waals surface area contributed by atoms with Crippen molar-refractivity contribution in [1.82, 2.24) is 0 Å². The van der Waals surface area contributed by atoms with E-state index in [-0.39, 0.29) is 0 Å². The van der Waals surface area contributed by atoms with E-state index in [2.05, 4.69) is 10.6 Å². The molecule has 0 spiro atoms. The maximum Gasteiger partial charge on any atom is 0.324 e. The van der Waals surface area contributed by atoms with Gasteiger partial charge in [0.2, 0.25) is 0 Å². The number of aliphatic hydroxyl groups is 1. The minimum absolute atomic E-state index is 0.302. The van der Waals surface area contributed by atoms with Crippen LogP contribution >= 0.6 is 11.3 Å². The number of rotatable bonds is 3. The number of thiophene rings is 1. The van der Waals surface area contributed by atoms with Crippen LogP contribution in [0.1, 0.15) is 27.2 Å². The summed E-state index contributed by atoms with van der Waals surface area (Å²) >= 11 is 1.24. The molecule has 1 aliphatic rings. The maximum atomic E-state index is 12.9. The fraction of sp³-hybridized carbons (Fsp3) is 0.250. The number of anilines is 2. The highest BCUT2D eigenvalue weighted by atomic mass is 32.1. The van der Waals surface area contributed by atoms with Crippen molar-refractivity contribution in [2.75, 3.05) is 10.6 Å². The molecule has 0 fully saturated rings. The Morgan fingerprint density at radius 1 is 1.25 bits per heavy atom. The molecule has 1 aromatic carbocycles. The number of aliphatic hydroxyl groups excluding tert-OH is 1. The first-order valence-electron chi connectivity index (χ1n) is 7.40. The standard InChI is InChI=1S/C16H16FN3O3S/c17-8-1-3-9(4-2-8)19-16(23)20-15-13(14(18)22)11-6-5-10(21)7-12(11)24-15/h1-4,10,21H,5-7H2,(H2,18,22)(H2,19,20,23). The Kier molecular flexibility index (Phi) is 4.50. The second kappa shape index (κ2) is 6.58. The molecule has 8 heteroatoms. The number of amides is 3. The lowest BCUT2D eigenvalue weighted by molar-refractivity contribution is 0.0999. The molecule has 0 saturated carbocycles. The lowest BCUT2D eigenvalue weighted by atomic mass is 9.93. The SMILES string of the molecule is NC(=O)c1c(NC(=O)Nc2ccc(F)cc2)sc2c1CCC(O)C2. The largest absolute Gasteiger partial charge is 0.393 e. The molecule has 1 aromatic heterocycles. The maximum absolute atomic E-state index is 12.9. The highest BCUT2D eigenvalue weighted by molar-refractivity contribution is 7.17. The Balaban J connectivity index is 1.80. The molecule has 3 amide bonds. The van der Waals surface area contributed by atoms with Gasteiger partial charge in [0.1, 0.15) is 10.8 Å². The van der Waals surface area contributed by atoms with Crippen molar-refractivity contribution in [3.05, 3.63) is 46.1 Å². The molecule has 6 nitrogen and oxygen atoms in total. The molecular formula is C16H16FN3O3S. The van der Waals surface area contributed by atoms with Crippen molar-refractivity contribution in [1.29, 1.82) is 0 Å². The van der Waals surface area contributed by atoms with E-state index in [0.29, 0.717) is 35.5 Å². The van der Waals surface area contributed by atoms with Crippen LogP contribution < -0.4 is 16.4 Å². The number of carbonyl (C=O) groups is 2. The number of halogens is 1. The van der Waals surface area contributed by atoms with Gasteiger partial charge in [-0.25, -0.2) is 9.18 Å². The molecule has 0 radical (unpaired) electrons. The lowest BCUT2D eigenvalue weighted by Crippen LogP contribution is -2.23. The number of fused-ring (bicyclic) bond motifs is 1. The number of benzene rings is 1. The predicted octanol–water partition coefficient (Wildman–Crippen LogP) is 2.48. The highest BCUT2D eigenvalue weighted by Gasteiger charge is 2.27. The number of hydrogen-bond acceptors (Lipinski definition) is 4. The van der Waals surface area contributed by atoms with E-state index in [1.165, 1.54) is 35.6 Å². The average molecular weight is 349 g/mol. The van der Waals surface area contributed by atoms with Crippen molar-refractivity contribution < 1.29 is 19.1 Å². The third-order valence-electron chi connectivity index (χ3n) is 3.81. The number of nitrogens with two attached hydrogens (primary N) is 1. The van der Waals surface area contributed by atoms with Crippen LogP contribution in [0.3, 0.4) is 0 Å². The summed E-state index contributed by atoms with van der Waals surface area (Å²) in [7, 11) is 0. The summed E-state index contributed by atoms with van der Waals surface area (Å²) in [6.45, 7) is 0. The fourth-order valence-corrected chi connectivity index (χ4v) is 4.03. The minimum Gasteiger partial charge on any atom is -0.393 e. The predicted molar refractivity (Wildman–Crippen MR) is 89.9 cm³/mol. The molecule has 0 bridgehead atoms. The van der Waals surface area contributed by atoms with E-state index in [1.54, 1.807) is 0 Å². The van der Waals surface area contributed by atoms with Crippen LogP contribution in [0.5, 0.6) is 0 Å². The van der Waals surface area contributed by atoms with Crippen molar-refractivity contribution in [3.8, 4) is 0 Å². The molecule has 3 rings (SSSR count). The zero-order chi connectivity index (χ0) is 17.3. The minimum atomic E-state index is -0.610. The lowest BCUT2D eigenvalue weighted by Gasteiger charge is -2.17. The quantitative estimate of drug-likeness (QED) is 0.684. The molecule has 0 saturated heterocycles. The third kappa shape index (κ3) is 3.39. The smallest absolute Gasteiger partial charge is 0.324 e. The van der Waals surface area contributed by atoms with Crippen LogP contribution in [0.25, 0.3) is 0 Å². The first-order chi connectivity index (χ1) is 11.4. The molecule has 1 atom stereocenters. The molecule has 126 valence electrons. The van der Waals surface area contributed by atoms with Crippen LogP contribution in [0.2, 0.25) is 0 Å². The van der Waals surface area contributed by atoms with Gasteiger partial charge in [-0.1, -0.05) is 0 Å². The van der Waals surface area contributed by atoms with E-state index in [9.17, 15) is 19.1 Å². The van der Waals surface area contributed by atoms with E-state index in [1.807, 2.05) is 0 Å². The van der Waals surface area contributed by atoms with E-state index >= 15 is 0 Å². The van der Waals surface area contributed by atoms with Crippen LogP contribution in [-0.2, 0) is 12.8 Å². The second-order valence-corrected chi connectivity index (χ2v) is 6.66. The molecule has 1 heterocycles. The number of nitrogens with one attached hydrogen (secondary N) is 2. The first-order valence-corrected chi connectivity index (χ1v) is 8.21. The Labute approximate surface area is 141 Å². The van der Waals surface area contributed by atoms with Crippen molar-refractivity contribution in [3.63, 3.8) is 0 Å². The number of primary amides is 1. The average Bonchev–Trinajstić information content (AvgIpc) is 2.86. The van der Waals surface area contributed by atoms with Gasteiger partial charge in [-0.15, -0.1) is 11.3 Å². The highest BCUT2D eigenvalue weighted by Crippen LogP contribution is 2.38. The molecule has 24 heavy (non-hydrogen) atoms. The second-order valence-electron chi connectivity index (χ2n) is 5.55. The zero-order valence-electron chi connectivity index (χ0n) is 12.6. The first kappa shape index (κ1) is 16.4. The van der Waals surface area contributed by atoms with Gasteiger partial charge in [0.05, 0.1) is 11.7 Å². The summed E-state index contributed by atoms with van der Waals surface area (Å²) in [5, 5.41) is 15.3. The van der Waals surface area contributed by atoms with Gasteiger partial charge >= 0.3 is 6.03 Å². The summed E-state index contributed by atoms with van der Waals surface area (Å²) in [5.41, 5.74) is 6.98. The van der Waals surface area contributed by atoms with E-state index in [0.717, 1.165) is 10.4 Å². The monoisotopic (exact) mass is 349 g/mol. The normalized spacial score (nSPS) is 16.3. The van der Waals surface area contributed by atoms with E-state index < -0.39 is 23.9 Å². The molecule has 1 aliphatic carbocycles. The van der Waals surface area contributed by atoms with Gasteiger partial charge in [0.25, 0.3) is 5.91 Å². The van der Waals surface area contributed by atoms with Gasteiger partial charge < -0.3 is 16.2 Å². The van der Waals surface area contributed by atoms with Crippen LogP contribution in [-0.4, -0.2) is 23.1 Å². The van der Waals surface area contributed by atoms with Crippen molar-refractivity contribution >= 4 is 34.0 Å². The van der Waals surface area contributed by atoms with Gasteiger partial charge in [0.15, 0.2) is 0 Å². The summed E-state index contributed by atoms with van der Waals surface area (Å²) in [6, 6.07) is 4.77. The fourth-order valence-electron chi connectivity index (χ4n) is 2.72. The van der Waals surface area contributed by atoms with Gasteiger partial charge in [0, 0.05) is 17.0 Å². The van der Waals surface area contributed by atoms with Crippen molar-refractivity contribution in [2.45, 2.75) is 25.4 Å². The van der Waals surface area contributed by atoms with Gasteiger partial charge in [-0.3, -0.25) is 10.1 Å². The Bertz CT molecular complexity index is 789. The van der Waals surface area contributed by atoms with E-state index in [4.69, 9.17) is 5.73 Å². The molecule has 1 unspecified atom stereocenters. The van der Waals surface area contributed by atoms with Crippen LogP contribution in [0.15, 0.2) is 24.3 Å². The van der Waals surface area contributed by atoms with Crippen LogP contribution in [0.4, 0.5) is 19.9 Å². The summed E-state index contributed by atoms with van der Waals surface area (Å²) < 4.78 is 12.9. The Morgan fingerprint density at radius 2 is 1.96 bits per heavy atom. The zero-order valence-corrected chi connectivity index (χ0v) is 13.5. The molecule has 5 N–H and O–H groups in total. The molecule has 0 aliphatic heterocycles. The van der Waals surface area contributed by atoms with Crippen LogP contribution in [0, 0.1) is 5.82 Å². The number of hydrogen-bond donors (Lipinski definition) is 4. The summed E-state index contributed by atoms with van der Waals surface area (Å²) in [4.78, 5) is 24.7. The topological polar surface area (TPSA) is 104 Å². The molecule has 2 aromatic rings.